The van der Waals surface area contributed by atoms with Crippen LogP contribution in [0.2, 0.25) is 0 Å². The topological polar surface area (TPSA) is 88.7 Å². The van der Waals surface area contributed by atoms with E-state index in [1.54, 1.807) is 24.3 Å². The number of phenols is 1. The minimum atomic E-state index is -0.306. The number of carbonyl (C=O) groups excluding carboxylic acids is 1. The number of hydrogen-bond acceptors (Lipinski definition) is 5. The first-order chi connectivity index (χ1) is 13.5. The highest BCUT2D eigenvalue weighted by Gasteiger charge is 2.06. The Kier molecular flexibility index (Phi) is 5.74. The molecule has 1 heterocycles. The maximum atomic E-state index is 12.2. The van der Waals surface area contributed by atoms with Gasteiger partial charge in [-0.3, -0.25) is 9.48 Å². The van der Waals surface area contributed by atoms with Gasteiger partial charge in [-0.05, 0) is 61.4 Å². The van der Waals surface area contributed by atoms with Crippen LogP contribution in [0.25, 0.3) is 0 Å². The van der Waals surface area contributed by atoms with E-state index in [4.69, 9.17) is 4.74 Å². The maximum absolute atomic E-state index is 12.2. The van der Waals surface area contributed by atoms with Gasteiger partial charge in [0.1, 0.15) is 0 Å². The molecule has 0 spiro atoms. The van der Waals surface area contributed by atoms with Crippen LogP contribution < -0.4 is 10.2 Å². The number of aromatic nitrogens is 2. The van der Waals surface area contributed by atoms with E-state index in [0.717, 1.165) is 17.0 Å². The predicted molar refractivity (Wildman–Crippen MR) is 107 cm³/mol. The molecule has 0 aliphatic carbocycles. The minimum absolute atomic E-state index is 0.0456. The summed E-state index contributed by atoms with van der Waals surface area (Å²) in [5.74, 6) is 0.0809. The molecule has 144 valence electrons. The third kappa shape index (κ3) is 4.56. The minimum Gasteiger partial charge on any atom is -0.504 e. The van der Waals surface area contributed by atoms with E-state index in [0.29, 0.717) is 23.4 Å². The Morgan fingerprint density at radius 2 is 1.96 bits per heavy atom. The quantitative estimate of drug-likeness (QED) is 0.510. The van der Waals surface area contributed by atoms with Gasteiger partial charge in [0, 0.05) is 11.3 Å². The summed E-state index contributed by atoms with van der Waals surface area (Å²) in [6.45, 7) is 4.64. The average Bonchev–Trinajstić information content (AvgIpc) is 3.00. The second kappa shape index (κ2) is 8.39. The maximum Gasteiger partial charge on any atom is 0.271 e. The largest absolute Gasteiger partial charge is 0.504 e. The second-order valence-corrected chi connectivity index (χ2v) is 6.41. The molecule has 0 atom stereocenters. The second-order valence-electron chi connectivity index (χ2n) is 6.41. The number of phenolic OH excluding ortho intramolecular Hbond substituents is 1. The summed E-state index contributed by atoms with van der Waals surface area (Å²) < 4.78 is 6.97. The van der Waals surface area contributed by atoms with Gasteiger partial charge < -0.3 is 9.84 Å². The van der Waals surface area contributed by atoms with Crippen molar-refractivity contribution in [3.05, 3.63) is 76.6 Å². The summed E-state index contributed by atoms with van der Waals surface area (Å²) in [5, 5.41) is 18.0. The summed E-state index contributed by atoms with van der Waals surface area (Å²) >= 11 is 0. The molecule has 7 heteroatoms. The van der Waals surface area contributed by atoms with E-state index < -0.39 is 0 Å². The molecule has 0 aliphatic rings. The van der Waals surface area contributed by atoms with Crippen LogP contribution in [-0.4, -0.2) is 34.1 Å². The number of ether oxygens (including phenoxy) is 1. The molecule has 1 amide bonds. The van der Waals surface area contributed by atoms with Crippen molar-refractivity contribution in [2.45, 2.75) is 20.4 Å². The summed E-state index contributed by atoms with van der Waals surface area (Å²) in [5.41, 5.74) is 6.83. The molecule has 28 heavy (non-hydrogen) atoms. The number of aromatic hydroxyl groups is 1. The lowest BCUT2D eigenvalue weighted by molar-refractivity contribution is 0.0955. The molecule has 2 aromatic carbocycles. The zero-order chi connectivity index (χ0) is 20.1. The third-order valence-corrected chi connectivity index (χ3v) is 4.24. The van der Waals surface area contributed by atoms with Gasteiger partial charge in [-0.15, -0.1) is 0 Å². The number of methoxy groups -OCH3 is 1. The van der Waals surface area contributed by atoms with E-state index in [1.165, 1.54) is 19.4 Å². The standard InChI is InChI=1S/C21H22N4O3/c1-14-10-15(2)25(24-14)13-16-4-7-18(8-5-16)21(27)23-22-12-17-6-9-19(26)20(11-17)28-3/h4-12,26H,13H2,1-3H3,(H,23,27)/b22-12-. The zero-order valence-electron chi connectivity index (χ0n) is 16.0. The molecule has 0 bridgehead atoms. The number of hydrogen-bond donors (Lipinski definition) is 2. The number of benzene rings is 2. The van der Waals surface area contributed by atoms with Gasteiger partial charge in [-0.1, -0.05) is 12.1 Å². The summed E-state index contributed by atoms with van der Waals surface area (Å²) in [4.78, 5) is 12.2. The molecule has 2 N–H and O–H groups in total. The van der Waals surface area contributed by atoms with Crippen LogP contribution in [-0.2, 0) is 6.54 Å². The fraction of sp³-hybridized carbons (Fsp3) is 0.190. The van der Waals surface area contributed by atoms with Gasteiger partial charge in [0.05, 0.1) is 25.6 Å². The highest BCUT2D eigenvalue weighted by molar-refractivity contribution is 5.94. The van der Waals surface area contributed by atoms with Crippen LogP contribution in [0, 0.1) is 13.8 Å². The lowest BCUT2D eigenvalue weighted by Gasteiger charge is -2.06. The van der Waals surface area contributed by atoms with Crippen molar-refractivity contribution in [3.63, 3.8) is 0 Å². The number of rotatable bonds is 6. The first-order valence-corrected chi connectivity index (χ1v) is 8.76. The zero-order valence-corrected chi connectivity index (χ0v) is 16.0. The van der Waals surface area contributed by atoms with Crippen LogP contribution in [0.4, 0.5) is 0 Å². The molecule has 0 radical (unpaired) electrons. The molecular formula is C21H22N4O3. The van der Waals surface area contributed by atoms with Crippen molar-refractivity contribution in [1.82, 2.24) is 15.2 Å². The van der Waals surface area contributed by atoms with Gasteiger partial charge in [-0.2, -0.15) is 10.2 Å². The van der Waals surface area contributed by atoms with Crippen LogP contribution in [0.1, 0.15) is 32.9 Å². The molecule has 0 saturated heterocycles. The van der Waals surface area contributed by atoms with Crippen molar-refractivity contribution >= 4 is 12.1 Å². The summed E-state index contributed by atoms with van der Waals surface area (Å²) in [6.07, 6.45) is 1.48. The van der Waals surface area contributed by atoms with Crippen LogP contribution in [0.3, 0.4) is 0 Å². The Hall–Kier alpha value is -3.61. The Bertz CT molecular complexity index is 1010. The van der Waals surface area contributed by atoms with Gasteiger partial charge in [-0.25, -0.2) is 5.43 Å². The normalized spacial score (nSPS) is 11.0. The molecule has 0 unspecified atom stereocenters. The monoisotopic (exact) mass is 378 g/mol. The van der Waals surface area contributed by atoms with Crippen LogP contribution >= 0.6 is 0 Å². The summed E-state index contributed by atoms with van der Waals surface area (Å²) in [7, 11) is 1.47. The van der Waals surface area contributed by atoms with E-state index in [2.05, 4.69) is 15.6 Å². The third-order valence-electron chi connectivity index (χ3n) is 4.24. The fourth-order valence-corrected chi connectivity index (χ4v) is 2.77. The molecule has 3 rings (SSSR count). The molecule has 0 saturated carbocycles. The molecule has 1 aromatic heterocycles. The Labute approximate surface area is 163 Å². The summed E-state index contributed by atoms with van der Waals surface area (Å²) in [6, 6.07) is 14.2. The number of nitrogens with zero attached hydrogens (tertiary/aromatic N) is 3. The Morgan fingerprint density at radius 3 is 2.61 bits per heavy atom. The SMILES string of the molecule is COc1cc(/C=N\NC(=O)c2ccc(Cn3nc(C)cc3C)cc2)ccc1O. The molecule has 0 fully saturated rings. The van der Waals surface area contributed by atoms with Crippen molar-refractivity contribution in [3.8, 4) is 11.5 Å². The Balaban J connectivity index is 1.61. The van der Waals surface area contributed by atoms with Gasteiger partial charge in [0.2, 0.25) is 0 Å². The molecular weight excluding hydrogens is 356 g/mol. The van der Waals surface area contributed by atoms with Gasteiger partial charge in [0.15, 0.2) is 11.5 Å². The van der Waals surface area contributed by atoms with Crippen LogP contribution in [0.15, 0.2) is 53.6 Å². The van der Waals surface area contributed by atoms with Crippen LogP contribution in [0.5, 0.6) is 11.5 Å². The van der Waals surface area contributed by atoms with Crippen molar-refractivity contribution < 1.29 is 14.6 Å². The number of hydrazone groups is 1. The highest BCUT2D eigenvalue weighted by atomic mass is 16.5. The Morgan fingerprint density at radius 1 is 1.21 bits per heavy atom. The first-order valence-electron chi connectivity index (χ1n) is 8.76. The number of nitrogens with one attached hydrogen (secondary N) is 1. The van der Waals surface area contributed by atoms with E-state index >= 15 is 0 Å². The van der Waals surface area contributed by atoms with Crippen molar-refractivity contribution in [2.24, 2.45) is 5.10 Å². The fourth-order valence-electron chi connectivity index (χ4n) is 2.77. The lowest BCUT2D eigenvalue weighted by Crippen LogP contribution is -2.17. The smallest absolute Gasteiger partial charge is 0.271 e. The van der Waals surface area contributed by atoms with Gasteiger partial charge in [0.25, 0.3) is 5.91 Å². The highest BCUT2D eigenvalue weighted by Crippen LogP contribution is 2.25. The lowest BCUT2D eigenvalue weighted by atomic mass is 10.1. The van der Waals surface area contributed by atoms with Crippen molar-refractivity contribution in [1.29, 1.82) is 0 Å². The molecule has 3 aromatic rings. The van der Waals surface area contributed by atoms with E-state index in [9.17, 15) is 9.90 Å². The number of aryl methyl sites for hydroxylation is 2. The molecule has 7 nitrogen and oxygen atoms in total. The number of carbonyl (C=O) groups is 1. The average molecular weight is 378 g/mol. The predicted octanol–water partition coefficient (Wildman–Crippen LogP) is 3.03. The van der Waals surface area contributed by atoms with E-state index in [1.807, 2.05) is 36.7 Å². The molecule has 0 aliphatic heterocycles. The first kappa shape index (κ1) is 19.2. The van der Waals surface area contributed by atoms with E-state index in [-0.39, 0.29) is 11.7 Å². The van der Waals surface area contributed by atoms with Crippen molar-refractivity contribution in [2.75, 3.05) is 7.11 Å². The number of amides is 1. The van der Waals surface area contributed by atoms with Gasteiger partial charge >= 0.3 is 0 Å².